The van der Waals surface area contributed by atoms with E-state index in [-0.39, 0.29) is 0 Å². The normalized spacial score (nSPS) is 16.4. The molecule has 1 amide bonds. The van der Waals surface area contributed by atoms with Gasteiger partial charge >= 0.3 is 0 Å². The summed E-state index contributed by atoms with van der Waals surface area (Å²) >= 11 is 0. The van der Waals surface area contributed by atoms with Gasteiger partial charge in [-0.05, 0) is 42.5 Å². The standard InChI is InChI=1S/C18H20N2O2/c19-13-7-6-12-17(21)18(22)20-16-11-5-4-10-15(16)14-8-2-1-3-9-14/h4-7,10-12,14,21H,1-3,8-9H2,(H,20,22)/b7-6+,17-12-. The van der Waals surface area contributed by atoms with Gasteiger partial charge in [-0.3, -0.25) is 4.79 Å². The highest BCUT2D eigenvalue weighted by Gasteiger charge is 2.19. The molecule has 0 unspecified atom stereocenters. The minimum absolute atomic E-state index is 0.412. The van der Waals surface area contributed by atoms with Gasteiger partial charge in [-0.25, -0.2) is 0 Å². The Bertz CT molecular complexity index is 620. The van der Waals surface area contributed by atoms with Crippen LogP contribution in [0.15, 0.2) is 48.3 Å². The molecule has 22 heavy (non-hydrogen) atoms. The number of amides is 1. The van der Waals surface area contributed by atoms with Crippen molar-refractivity contribution in [2.24, 2.45) is 0 Å². The van der Waals surface area contributed by atoms with Crippen LogP contribution >= 0.6 is 0 Å². The number of carbonyl (C=O) groups excluding carboxylic acids is 1. The molecule has 114 valence electrons. The molecule has 1 aliphatic rings. The SMILES string of the molecule is N#C/C=C/C=C(\O)C(=O)Nc1ccccc1C1CCCCC1. The van der Waals surface area contributed by atoms with Crippen molar-refractivity contribution in [3.05, 3.63) is 53.8 Å². The quantitative estimate of drug-likeness (QED) is 0.378. The van der Waals surface area contributed by atoms with Gasteiger partial charge in [-0.15, -0.1) is 0 Å². The van der Waals surface area contributed by atoms with E-state index in [2.05, 4.69) is 5.32 Å². The van der Waals surface area contributed by atoms with Crippen LogP contribution in [0.4, 0.5) is 5.69 Å². The van der Waals surface area contributed by atoms with Gasteiger partial charge in [0.1, 0.15) is 0 Å². The van der Waals surface area contributed by atoms with Crippen molar-refractivity contribution in [1.82, 2.24) is 0 Å². The second-order valence-electron chi connectivity index (χ2n) is 5.42. The van der Waals surface area contributed by atoms with E-state index < -0.39 is 11.7 Å². The first-order valence-corrected chi connectivity index (χ1v) is 7.58. The van der Waals surface area contributed by atoms with E-state index in [9.17, 15) is 9.90 Å². The molecular weight excluding hydrogens is 276 g/mol. The van der Waals surface area contributed by atoms with Crippen LogP contribution in [0.5, 0.6) is 0 Å². The molecule has 0 radical (unpaired) electrons. The Hall–Kier alpha value is -2.54. The van der Waals surface area contributed by atoms with Gasteiger partial charge in [0, 0.05) is 11.8 Å². The van der Waals surface area contributed by atoms with Crippen LogP contribution in [-0.2, 0) is 4.79 Å². The average molecular weight is 296 g/mol. The Kier molecular flexibility index (Phi) is 5.79. The minimum Gasteiger partial charge on any atom is -0.503 e. The number of anilines is 1. The number of benzene rings is 1. The van der Waals surface area contributed by atoms with Gasteiger partial charge in [-0.1, -0.05) is 37.5 Å². The second kappa shape index (κ2) is 8.04. The molecule has 0 atom stereocenters. The summed E-state index contributed by atoms with van der Waals surface area (Å²) in [6, 6.07) is 9.55. The molecule has 0 spiro atoms. The van der Waals surface area contributed by atoms with Crippen molar-refractivity contribution in [3.63, 3.8) is 0 Å². The minimum atomic E-state index is -0.564. The van der Waals surface area contributed by atoms with Crippen LogP contribution in [0.1, 0.15) is 43.6 Å². The van der Waals surface area contributed by atoms with Crippen LogP contribution in [0.25, 0.3) is 0 Å². The lowest BCUT2D eigenvalue weighted by atomic mass is 9.83. The molecule has 1 aromatic carbocycles. The van der Waals surface area contributed by atoms with Gasteiger partial charge in [0.25, 0.3) is 5.91 Å². The summed E-state index contributed by atoms with van der Waals surface area (Å²) in [4.78, 5) is 12.0. The van der Waals surface area contributed by atoms with Crippen molar-refractivity contribution in [3.8, 4) is 6.07 Å². The van der Waals surface area contributed by atoms with Gasteiger partial charge in [0.05, 0.1) is 6.07 Å². The maximum atomic E-state index is 12.0. The summed E-state index contributed by atoms with van der Waals surface area (Å²) in [5.41, 5.74) is 1.89. The Morgan fingerprint density at radius 3 is 2.73 bits per heavy atom. The summed E-state index contributed by atoms with van der Waals surface area (Å²) in [5.74, 6) is -0.509. The number of hydrogen-bond donors (Lipinski definition) is 2. The number of aliphatic hydroxyl groups excluding tert-OH is 1. The first kappa shape index (κ1) is 15.8. The molecular formula is C18H20N2O2. The molecule has 4 nitrogen and oxygen atoms in total. The zero-order chi connectivity index (χ0) is 15.8. The fourth-order valence-electron chi connectivity index (χ4n) is 2.82. The maximum Gasteiger partial charge on any atom is 0.290 e. The van der Waals surface area contributed by atoms with Gasteiger partial charge in [0.15, 0.2) is 5.76 Å². The van der Waals surface area contributed by atoms with Crippen molar-refractivity contribution in [2.75, 3.05) is 5.32 Å². The third kappa shape index (κ3) is 4.23. The van der Waals surface area contributed by atoms with E-state index in [4.69, 9.17) is 5.26 Å². The molecule has 1 fully saturated rings. The van der Waals surface area contributed by atoms with Gasteiger partial charge in [-0.2, -0.15) is 5.26 Å². The summed E-state index contributed by atoms with van der Waals surface area (Å²) in [6.07, 6.45) is 9.73. The van der Waals surface area contributed by atoms with E-state index in [1.807, 2.05) is 24.3 Å². The number of nitrogens with one attached hydrogen (secondary N) is 1. The molecule has 0 bridgehead atoms. The van der Waals surface area contributed by atoms with Crippen molar-refractivity contribution < 1.29 is 9.90 Å². The van der Waals surface area contributed by atoms with Crippen LogP contribution in [0.2, 0.25) is 0 Å². The zero-order valence-corrected chi connectivity index (χ0v) is 12.5. The molecule has 1 aliphatic carbocycles. The third-order valence-corrected chi connectivity index (χ3v) is 3.91. The van der Waals surface area contributed by atoms with Crippen LogP contribution < -0.4 is 5.32 Å². The predicted molar refractivity (Wildman–Crippen MR) is 86.4 cm³/mol. The Morgan fingerprint density at radius 2 is 2.00 bits per heavy atom. The highest BCUT2D eigenvalue weighted by molar-refractivity contribution is 6.02. The van der Waals surface area contributed by atoms with Gasteiger partial charge in [0.2, 0.25) is 0 Å². The van der Waals surface area contributed by atoms with Crippen LogP contribution in [-0.4, -0.2) is 11.0 Å². The van der Waals surface area contributed by atoms with Gasteiger partial charge < -0.3 is 10.4 Å². The van der Waals surface area contributed by atoms with E-state index in [0.29, 0.717) is 5.92 Å². The predicted octanol–water partition coefficient (Wildman–Crippen LogP) is 4.19. The largest absolute Gasteiger partial charge is 0.503 e. The molecule has 2 N–H and O–H groups in total. The number of nitrogens with zero attached hydrogens (tertiary/aromatic N) is 1. The summed E-state index contributed by atoms with van der Waals surface area (Å²) < 4.78 is 0. The third-order valence-electron chi connectivity index (χ3n) is 3.91. The smallest absolute Gasteiger partial charge is 0.290 e. The lowest BCUT2D eigenvalue weighted by molar-refractivity contribution is -0.115. The molecule has 0 saturated heterocycles. The van der Waals surface area contributed by atoms with Crippen LogP contribution in [0, 0.1) is 11.3 Å². The van der Waals surface area contributed by atoms with Crippen LogP contribution in [0.3, 0.4) is 0 Å². The number of nitriles is 1. The summed E-state index contributed by atoms with van der Waals surface area (Å²) in [7, 11) is 0. The first-order valence-electron chi connectivity index (χ1n) is 7.58. The van der Waals surface area contributed by atoms with Crippen molar-refractivity contribution in [1.29, 1.82) is 5.26 Å². The lowest BCUT2D eigenvalue weighted by Gasteiger charge is -2.24. The molecule has 0 heterocycles. The number of carbonyl (C=O) groups is 1. The molecule has 0 aromatic heterocycles. The average Bonchev–Trinajstić information content (AvgIpc) is 2.56. The molecule has 0 aliphatic heterocycles. The Labute approximate surface area is 130 Å². The fraction of sp³-hybridized carbons (Fsp3) is 0.333. The fourth-order valence-corrected chi connectivity index (χ4v) is 2.82. The van der Waals surface area contributed by atoms with Crippen molar-refractivity contribution >= 4 is 11.6 Å². The topological polar surface area (TPSA) is 73.1 Å². The number of hydrogen-bond acceptors (Lipinski definition) is 3. The second-order valence-corrected chi connectivity index (χ2v) is 5.42. The zero-order valence-electron chi connectivity index (χ0n) is 12.5. The van der Waals surface area contributed by atoms with Crippen molar-refractivity contribution in [2.45, 2.75) is 38.0 Å². The highest BCUT2D eigenvalue weighted by Crippen LogP contribution is 2.36. The Balaban J connectivity index is 2.12. The Morgan fingerprint density at radius 1 is 1.27 bits per heavy atom. The maximum absolute atomic E-state index is 12.0. The molecule has 2 rings (SSSR count). The molecule has 1 aromatic rings. The number of allylic oxidation sites excluding steroid dienone is 3. The van der Waals surface area contributed by atoms with E-state index in [0.717, 1.165) is 24.1 Å². The lowest BCUT2D eigenvalue weighted by Crippen LogP contribution is -2.16. The van der Waals surface area contributed by atoms with E-state index in [1.165, 1.54) is 37.5 Å². The number of aliphatic hydroxyl groups is 1. The molecule has 4 heteroatoms. The van der Waals surface area contributed by atoms with E-state index >= 15 is 0 Å². The summed E-state index contributed by atoms with van der Waals surface area (Å²) in [6.45, 7) is 0. The number of rotatable bonds is 4. The molecule has 1 saturated carbocycles. The monoisotopic (exact) mass is 296 g/mol. The summed E-state index contributed by atoms with van der Waals surface area (Å²) in [5, 5.41) is 20.8. The first-order chi connectivity index (χ1) is 10.7. The van der Waals surface area contributed by atoms with E-state index in [1.54, 1.807) is 6.07 Å². The highest BCUT2D eigenvalue weighted by atomic mass is 16.3. The number of para-hydroxylation sites is 1.